The van der Waals surface area contributed by atoms with E-state index in [1.807, 2.05) is 11.3 Å². The van der Waals surface area contributed by atoms with Crippen LogP contribution in [0.4, 0.5) is 0 Å². The minimum absolute atomic E-state index is 0.827. The lowest BCUT2D eigenvalue weighted by molar-refractivity contribution is 0.159. The van der Waals surface area contributed by atoms with Gasteiger partial charge in [-0.3, -0.25) is 4.90 Å². The van der Waals surface area contributed by atoms with Crippen LogP contribution in [0.5, 0.6) is 0 Å². The number of halogens is 1. The molecule has 1 heterocycles. The van der Waals surface area contributed by atoms with Crippen molar-refractivity contribution in [2.24, 2.45) is 0 Å². The smallest absolute Gasteiger partial charge is 0.0331 e. The summed E-state index contributed by atoms with van der Waals surface area (Å²) in [6, 6.07) is 5.25. The van der Waals surface area contributed by atoms with E-state index < -0.39 is 0 Å². The first kappa shape index (κ1) is 12.6. The van der Waals surface area contributed by atoms with Gasteiger partial charge in [-0.25, -0.2) is 0 Å². The summed E-state index contributed by atoms with van der Waals surface area (Å²) in [5, 5.41) is 3.28. The molecule has 0 unspecified atom stereocenters. The standard InChI is InChI=1S/C13H20BrNS/c14-8-9-15(11-13-7-4-10-16-13)12-5-2-1-3-6-12/h4,7,10,12H,1-3,5-6,8-9,11H2. The molecule has 0 aromatic carbocycles. The lowest BCUT2D eigenvalue weighted by Crippen LogP contribution is -2.37. The maximum absolute atomic E-state index is 3.58. The Morgan fingerprint density at radius 2 is 2.12 bits per heavy atom. The predicted octanol–water partition coefficient (Wildman–Crippen LogP) is 4.28. The fraction of sp³-hybridized carbons (Fsp3) is 0.692. The van der Waals surface area contributed by atoms with Crippen molar-refractivity contribution in [3.05, 3.63) is 22.4 Å². The van der Waals surface area contributed by atoms with Crippen LogP contribution < -0.4 is 0 Å². The summed E-state index contributed by atoms with van der Waals surface area (Å²) in [4.78, 5) is 4.17. The molecule has 0 saturated heterocycles. The van der Waals surface area contributed by atoms with Gasteiger partial charge in [0.1, 0.15) is 0 Å². The van der Waals surface area contributed by atoms with Gasteiger partial charge in [0.2, 0.25) is 0 Å². The van der Waals surface area contributed by atoms with Gasteiger partial charge in [-0.2, -0.15) is 0 Å². The largest absolute Gasteiger partial charge is 0.294 e. The molecule has 1 saturated carbocycles. The Morgan fingerprint density at radius 3 is 2.75 bits per heavy atom. The van der Waals surface area contributed by atoms with Crippen LogP contribution in [0.15, 0.2) is 17.5 Å². The van der Waals surface area contributed by atoms with E-state index in [0.29, 0.717) is 0 Å². The highest BCUT2D eigenvalue weighted by Crippen LogP contribution is 2.25. The highest BCUT2D eigenvalue weighted by Gasteiger charge is 2.20. The summed E-state index contributed by atoms with van der Waals surface area (Å²) in [6.07, 6.45) is 7.09. The zero-order chi connectivity index (χ0) is 11.2. The first-order valence-corrected chi connectivity index (χ1v) is 8.22. The van der Waals surface area contributed by atoms with Crippen molar-refractivity contribution in [1.29, 1.82) is 0 Å². The van der Waals surface area contributed by atoms with E-state index >= 15 is 0 Å². The van der Waals surface area contributed by atoms with Gasteiger partial charge in [0, 0.05) is 29.3 Å². The van der Waals surface area contributed by atoms with Crippen molar-refractivity contribution in [3.8, 4) is 0 Å². The molecule has 1 aromatic rings. The van der Waals surface area contributed by atoms with Gasteiger partial charge in [-0.1, -0.05) is 41.3 Å². The Labute approximate surface area is 111 Å². The van der Waals surface area contributed by atoms with Gasteiger partial charge in [0.05, 0.1) is 0 Å². The summed E-state index contributed by atoms with van der Waals surface area (Å²) in [6.45, 7) is 2.33. The van der Waals surface area contributed by atoms with Crippen molar-refractivity contribution in [2.75, 3.05) is 11.9 Å². The molecule has 1 aliphatic carbocycles. The highest BCUT2D eigenvalue weighted by molar-refractivity contribution is 9.09. The average molecular weight is 302 g/mol. The minimum atomic E-state index is 0.827. The molecule has 0 aliphatic heterocycles. The first-order valence-electron chi connectivity index (χ1n) is 6.22. The SMILES string of the molecule is BrCCN(Cc1cccs1)C1CCCCC1. The van der Waals surface area contributed by atoms with Gasteiger partial charge < -0.3 is 0 Å². The molecule has 0 atom stereocenters. The van der Waals surface area contributed by atoms with Gasteiger partial charge in [0.25, 0.3) is 0 Å². The maximum atomic E-state index is 3.58. The third-order valence-corrected chi connectivity index (χ3v) is 4.62. The number of rotatable bonds is 5. The van der Waals surface area contributed by atoms with Crippen LogP contribution >= 0.6 is 27.3 Å². The molecule has 1 aliphatic rings. The molecule has 0 amide bonds. The van der Waals surface area contributed by atoms with Crippen molar-refractivity contribution >= 4 is 27.3 Å². The summed E-state index contributed by atoms with van der Waals surface area (Å²) in [7, 11) is 0. The third kappa shape index (κ3) is 3.57. The van der Waals surface area contributed by atoms with Crippen LogP contribution in [0.25, 0.3) is 0 Å². The van der Waals surface area contributed by atoms with Gasteiger partial charge in [0.15, 0.2) is 0 Å². The highest BCUT2D eigenvalue weighted by atomic mass is 79.9. The van der Waals surface area contributed by atoms with Crippen LogP contribution in [0.3, 0.4) is 0 Å². The molecule has 16 heavy (non-hydrogen) atoms. The van der Waals surface area contributed by atoms with Crippen molar-refractivity contribution in [3.63, 3.8) is 0 Å². The van der Waals surface area contributed by atoms with E-state index in [1.54, 1.807) is 0 Å². The molecule has 1 nitrogen and oxygen atoms in total. The third-order valence-electron chi connectivity index (χ3n) is 3.40. The summed E-state index contributed by atoms with van der Waals surface area (Å²) < 4.78 is 0. The molecular formula is C13H20BrNS. The number of alkyl halides is 1. The zero-order valence-corrected chi connectivity index (χ0v) is 12.1. The normalized spacial score (nSPS) is 18.1. The molecule has 0 bridgehead atoms. The second kappa shape index (κ2) is 6.77. The monoisotopic (exact) mass is 301 g/mol. The van der Waals surface area contributed by atoms with Crippen LogP contribution in [-0.4, -0.2) is 22.8 Å². The molecule has 90 valence electrons. The van der Waals surface area contributed by atoms with Crippen molar-refractivity contribution in [2.45, 2.75) is 44.7 Å². The number of hydrogen-bond acceptors (Lipinski definition) is 2. The Balaban J connectivity index is 1.92. The molecular weight excluding hydrogens is 282 g/mol. The molecule has 1 fully saturated rings. The van der Waals surface area contributed by atoms with E-state index in [9.17, 15) is 0 Å². The quantitative estimate of drug-likeness (QED) is 0.734. The lowest BCUT2D eigenvalue weighted by Gasteiger charge is -2.33. The number of hydrogen-bond donors (Lipinski definition) is 0. The molecule has 0 spiro atoms. The molecule has 2 rings (SSSR count). The summed E-state index contributed by atoms with van der Waals surface area (Å²) in [5.41, 5.74) is 0. The fourth-order valence-corrected chi connectivity index (χ4v) is 3.73. The van der Waals surface area contributed by atoms with E-state index in [2.05, 4.69) is 38.3 Å². The van der Waals surface area contributed by atoms with Crippen LogP contribution in [-0.2, 0) is 6.54 Å². The first-order chi connectivity index (χ1) is 7.90. The van der Waals surface area contributed by atoms with E-state index in [0.717, 1.165) is 17.9 Å². The van der Waals surface area contributed by atoms with Crippen LogP contribution in [0.1, 0.15) is 37.0 Å². The van der Waals surface area contributed by atoms with Crippen molar-refractivity contribution < 1.29 is 0 Å². The second-order valence-corrected chi connectivity index (χ2v) is 6.36. The topological polar surface area (TPSA) is 3.24 Å². The van der Waals surface area contributed by atoms with E-state index in [-0.39, 0.29) is 0 Å². The number of nitrogens with zero attached hydrogens (tertiary/aromatic N) is 1. The molecule has 0 N–H and O–H groups in total. The van der Waals surface area contributed by atoms with Gasteiger partial charge in [-0.05, 0) is 24.3 Å². The van der Waals surface area contributed by atoms with E-state index in [1.165, 1.54) is 43.5 Å². The van der Waals surface area contributed by atoms with Crippen LogP contribution in [0.2, 0.25) is 0 Å². The Kier molecular flexibility index (Phi) is 5.33. The Bertz CT molecular complexity index is 280. The zero-order valence-electron chi connectivity index (χ0n) is 9.70. The van der Waals surface area contributed by atoms with Crippen LogP contribution in [0, 0.1) is 0 Å². The van der Waals surface area contributed by atoms with E-state index in [4.69, 9.17) is 0 Å². The Morgan fingerprint density at radius 1 is 1.31 bits per heavy atom. The number of thiophene rings is 1. The fourth-order valence-electron chi connectivity index (χ4n) is 2.55. The van der Waals surface area contributed by atoms with Gasteiger partial charge in [-0.15, -0.1) is 11.3 Å². The molecule has 3 heteroatoms. The summed E-state index contributed by atoms with van der Waals surface area (Å²) >= 11 is 5.47. The molecule has 1 aromatic heterocycles. The Hall–Kier alpha value is 0.140. The summed E-state index contributed by atoms with van der Waals surface area (Å²) in [5.74, 6) is 0. The molecule has 0 radical (unpaired) electrons. The van der Waals surface area contributed by atoms with Gasteiger partial charge >= 0.3 is 0 Å². The predicted molar refractivity (Wildman–Crippen MR) is 75.4 cm³/mol. The maximum Gasteiger partial charge on any atom is 0.0331 e. The average Bonchev–Trinajstić information content (AvgIpc) is 2.83. The van der Waals surface area contributed by atoms with Crippen molar-refractivity contribution in [1.82, 2.24) is 4.90 Å². The minimum Gasteiger partial charge on any atom is -0.294 e. The lowest BCUT2D eigenvalue weighted by atomic mass is 9.94. The second-order valence-electron chi connectivity index (χ2n) is 4.53.